The van der Waals surface area contributed by atoms with Crippen LogP contribution in [0.15, 0.2) is 78.9 Å². The monoisotopic (exact) mass is 314 g/mol. The van der Waals surface area contributed by atoms with Crippen molar-refractivity contribution in [2.24, 2.45) is 5.73 Å². The van der Waals surface area contributed by atoms with Crippen LogP contribution in [-0.2, 0) is 5.54 Å². The standard InChI is InChI=1S/C22H22N2/c1-2-22(16-23,17-10-4-3-5-11-17)24-20-14-8-6-12-18(20)19-13-7-9-15-21(19)24/h3-15H,2,16,23H2,1H3. The van der Waals surface area contributed by atoms with Crippen LogP contribution in [0, 0.1) is 0 Å². The lowest BCUT2D eigenvalue weighted by atomic mass is 9.86. The highest BCUT2D eigenvalue weighted by Crippen LogP contribution is 2.38. The van der Waals surface area contributed by atoms with Gasteiger partial charge in [0, 0.05) is 28.4 Å². The van der Waals surface area contributed by atoms with Crippen LogP contribution in [0.25, 0.3) is 21.8 Å². The summed E-state index contributed by atoms with van der Waals surface area (Å²) in [5.41, 5.74) is 9.91. The first-order chi connectivity index (χ1) is 11.8. The summed E-state index contributed by atoms with van der Waals surface area (Å²) in [5.74, 6) is 0. The molecule has 1 heterocycles. The average Bonchev–Trinajstić information content (AvgIpc) is 3.00. The topological polar surface area (TPSA) is 30.9 Å². The molecule has 0 saturated heterocycles. The molecule has 0 aliphatic carbocycles. The number of benzene rings is 3. The quantitative estimate of drug-likeness (QED) is 0.570. The molecule has 120 valence electrons. The van der Waals surface area contributed by atoms with E-state index in [0.29, 0.717) is 6.54 Å². The fourth-order valence-electron chi connectivity index (χ4n) is 3.98. The Hall–Kier alpha value is -2.58. The fourth-order valence-corrected chi connectivity index (χ4v) is 3.98. The van der Waals surface area contributed by atoms with E-state index < -0.39 is 0 Å². The molecule has 1 atom stereocenters. The van der Waals surface area contributed by atoms with E-state index in [1.807, 2.05) is 0 Å². The Balaban J connectivity index is 2.16. The molecule has 0 bridgehead atoms. The summed E-state index contributed by atoms with van der Waals surface area (Å²) in [7, 11) is 0. The number of aromatic nitrogens is 1. The third-order valence-electron chi connectivity index (χ3n) is 5.24. The number of rotatable bonds is 4. The highest BCUT2D eigenvalue weighted by Gasteiger charge is 2.33. The van der Waals surface area contributed by atoms with Gasteiger partial charge < -0.3 is 10.3 Å². The zero-order chi connectivity index (χ0) is 16.6. The first-order valence-corrected chi connectivity index (χ1v) is 8.56. The van der Waals surface area contributed by atoms with Crippen LogP contribution in [0.2, 0.25) is 0 Å². The Bertz CT molecular complexity index is 925. The van der Waals surface area contributed by atoms with Gasteiger partial charge in [0.2, 0.25) is 0 Å². The number of nitrogens with two attached hydrogens (primary N) is 1. The molecule has 0 aliphatic rings. The van der Waals surface area contributed by atoms with E-state index in [0.717, 1.165) is 6.42 Å². The van der Waals surface area contributed by atoms with Gasteiger partial charge in [0.15, 0.2) is 0 Å². The third-order valence-corrected chi connectivity index (χ3v) is 5.24. The van der Waals surface area contributed by atoms with E-state index in [1.54, 1.807) is 0 Å². The SMILES string of the molecule is CCC(CN)(c1ccccc1)n1c2ccccc2c2ccccc21. The molecule has 0 fully saturated rings. The van der Waals surface area contributed by atoms with Crippen molar-refractivity contribution in [2.45, 2.75) is 18.9 Å². The summed E-state index contributed by atoms with van der Waals surface area (Å²) < 4.78 is 2.45. The maximum atomic E-state index is 6.40. The van der Waals surface area contributed by atoms with E-state index in [9.17, 15) is 0 Å². The summed E-state index contributed by atoms with van der Waals surface area (Å²) in [5, 5.41) is 2.57. The van der Waals surface area contributed by atoms with E-state index >= 15 is 0 Å². The maximum Gasteiger partial charge on any atom is 0.0822 e. The number of hydrogen-bond acceptors (Lipinski definition) is 1. The molecule has 4 rings (SSSR count). The number of fused-ring (bicyclic) bond motifs is 3. The lowest BCUT2D eigenvalue weighted by molar-refractivity contribution is 0.373. The number of hydrogen-bond donors (Lipinski definition) is 1. The van der Waals surface area contributed by atoms with Crippen LogP contribution in [0.5, 0.6) is 0 Å². The van der Waals surface area contributed by atoms with Gasteiger partial charge in [-0.2, -0.15) is 0 Å². The van der Waals surface area contributed by atoms with Gasteiger partial charge in [0.25, 0.3) is 0 Å². The van der Waals surface area contributed by atoms with Crippen molar-refractivity contribution in [2.75, 3.05) is 6.54 Å². The Morgan fingerprint density at radius 3 is 1.75 bits per heavy atom. The van der Waals surface area contributed by atoms with Gasteiger partial charge in [0.1, 0.15) is 0 Å². The normalized spacial score (nSPS) is 14.1. The summed E-state index contributed by atoms with van der Waals surface area (Å²) in [6.45, 7) is 2.79. The minimum atomic E-state index is -0.246. The molecule has 2 heteroatoms. The Morgan fingerprint density at radius 2 is 1.25 bits per heavy atom. The van der Waals surface area contributed by atoms with Gasteiger partial charge in [-0.1, -0.05) is 73.7 Å². The molecule has 1 unspecified atom stereocenters. The second kappa shape index (κ2) is 5.81. The Kier molecular flexibility index (Phi) is 3.62. The lowest BCUT2D eigenvalue weighted by Crippen LogP contribution is -2.41. The largest absolute Gasteiger partial charge is 0.329 e. The summed E-state index contributed by atoms with van der Waals surface area (Å²) >= 11 is 0. The molecule has 2 nitrogen and oxygen atoms in total. The Labute approximate surface area is 142 Å². The molecule has 0 spiro atoms. The average molecular weight is 314 g/mol. The molecular formula is C22H22N2. The van der Waals surface area contributed by atoms with Gasteiger partial charge in [-0.15, -0.1) is 0 Å². The minimum absolute atomic E-state index is 0.246. The van der Waals surface area contributed by atoms with Crippen LogP contribution in [0.3, 0.4) is 0 Å². The van der Waals surface area contributed by atoms with E-state index in [2.05, 4.69) is 90.4 Å². The van der Waals surface area contributed by atoms with Gasteiger partial charge in [-0.3, -0.25) is 0 Å². The zero-order valence-electron chi connectivity index (χ0n) is 13.9. The van der Waals surface area contributed by atoms with Crippen LogP contribution in [0.4, 0.5) is 0 Å². The molecular weight excluding hydrogens is 292 g/mol. The molecule has 3 aromatic carbocycles. The van der Waals surface area contributed by atoms with Gasteiger partial charge in [-0.25, -0.2) is 0 Å². The smallest absolute Gasteiger partial charge is 0.0822 e. The molecule has 0 aliphatic heterocycles. The molecule has 2 N–H and O–H groups in total. The predicted octanol–water partition coefficient (Wildman–Crippen LogP) is 4.91. The summed E-state index contributed by atoms with van der Waals surface area (Å²) in [6, 6.07) is 27.9. The molecule has 0 saturated carbocycles. The van der Waals surface area contributed by atoms with Crippen LogP contribution >= 0.6 is 0 Å². The van der Waals surface area contributed by atoms with Crippen molar-refractivity contribution in [3.05, 3.63) is 84.4 Å². The predicted molar refractivity (Wildman–Crippen MR) is 102 cm³/mol. The first-order valence-electron chi connectivity index (χ1n) is 8.56. The van der Waals surface area contributed by atoms with E-state index in [1.165, 1.54) is 27.4 Å². The van der Waals surface area contributed by atoms with Crippen molar-refractivity contribution in [1.29, 1.82) is 0 Å². The zero-order valence-corrected chi connectivity index (χ0v) is 13.9. The molecule has 0 amide bonds. The maximum absolute atomic E-state index is 6.40. The highest BCUT2D eigenvalue weighted by molar-refractivity contribution is 6.08. The fraction of sp³-hybridized carbons (Fsp3) is 0.182. The first kappa shape index (κ1) is 15.0. The molecule has 24 heavy (non-hydrogen) atoms. The minimum Gasteiger partial charge on any atom is -0.329 e. The second-order valence-corrected chi connectivity index (χ2v) is 6.32. The van der Waals surface area contributed by atoms with Crippen molar-refractivity contribution in [1.82, 2.24) is 4.57 Å². The lowest BCUT2D eigenvalue weighted by Gasteiger charge is -2.36. The third kappa shape index (κ3) is 2.00. The number of para-hydroxylation sites is 2. The van der Waals surface area contributed by atoms with Gasteiger partial charge >= 0.3 is 0 Å². The highest BCUT2D eigenvalue weighted by atomic mass is 15.1. The van der Waals surface area contributed by atoms with Crippen LogP contribution in [0.1, 0.15) is 18.9 Å². The van der Waals surface area contributed by atoms with Crippen molar-refractivity contribution in [3.63, 3.8) is 0 Å². The molecule has 0 radical (unpaired) electrons. The van der Waals surface area contributed by atoms with Gasteiger partial charge in [0.05, 0.1) is 5.54 Å². The summed E-state index contributed by atoms with van der Waals surface area (Å²) in [4.78, 5) is 0. The van der Waals surface area contributed by atoms with Gasteiger partial charge in [-0.05, 0) is 24.1 Å². The van der Waals surface area contributed by atoms with E-state index in [4.69, 9.17) is 5.73 Å². The number of nitrogens with zero attached hydrogens (tertiary/aromatic N) is 1. The molecule has 1 aromatic heterocycles. The van der Waals surface area contributed by atoms with Crippen LogP contribution in [-0.4, -0.2) is 11.1 Å². The molecule has 4 aromatic rings. The van der Waals surface area contributed by atoms with Crippen molar-refractivity contribution >= 4 is 21.8 Å². The van der Waals surface area contributed by atoms with Crippen molar-refractivity contribution in [3.8, 4) is 0 Å². The Morgan fingerprint density at radius 1 is 0.750 bits per heavy atom. The second-order valence-electron chi connectivity index (χ2n) is 6.32. The summed E-state index contributed by atoms with van der Waals surface area (Å²) in [6.07, 6.45) is 0.941. The van der Waals surface area contributed by atoms with Crippen molar-refractivity contribution < 1.29 is 0 Å². The van der Waals surface area contributed by atoms with E-state index in [-0.39, 0.29) is 5.54 Å². The van der Waals surface area contributed by atoms with Crippen LogP contribution < -0.4 is 5.73 Å².